The van der Waals surface area contributed by atoms with Crippen LogP contribution in [0, 0.1) is 6.92 Å². The molecule has 0 saturated heterocycles. The number of amides is 1. The molecular formula is C15H15F2NO3. The molecule has 1 aromatic carbocycles. The van der Waals surface area contributed by atoms with Crippen LogP contribution < -0.4 is 10.1 Å². The second kappa shape index (κ2) is 6.39. The number of benzene rings is 1. The lowest BCUT2D eigenvalue weighted by molar-refractivity contribution is -0.0498. The number of nitrogens with one attached hydrogen (secondary N) is 1. The van der Waals surface area contributed by atoms with Gasteiger partial charge in [-0.15, -0.1) is 0 Å². The number of hydrogen-bond acceptors (Lipinski definition) is 3. The molecule has 2 aromatic rings. The van der Waals surface area contributed by atoms with E-state index in [0.717, 1.165) is 11.1 Å². The van der Waals surface area contributed by atoms with E-state index in [1.165, 1.54) is 18.4 Å². The fraction of sp³-hybridized carbons (Fsp3) is 0.267. The van der Waals surface area contributed by atoms with Crippen molar-refractivity contribution in [2.24, 2.45) is 0 Å². The molecule has 0 radical (unpaired) electrons. The van der Waals surface area contributed by atoms with Crippen LogP contribution in [0.3, 0.4) is 0 Å². The van der Waals surface area contributed by atoms with Gasteiger partial charge in [0.2, 0.25) is 0 Å². The molecule has 1 heterocycles. The molecule has 4 nitrogen and oxygen atoms in total. The first-order chi connectivity index (χ1) is 9.97. The van der Waals surface area contributed by atoms with E-state index in [0.29, 0.717) is 0 Å². The Morgan fingerprint density at radius 2 is 1.90 bits per heavy atom. The zero-order valence-electron chi connectivity index (χ0n) is 11.6. The average Bonchev–Trinajstić information content (AvgIpc) is 2.85. The van der Waals surface area contributed by atoms with Gasteiger partial charge in [-0.05, 0) is 37.6 Å². The fourth-order valence-electron chi connectivity index (χ4n) is 1.89. The molecule has 6 heteroatoms. The minimum atomic E-state index is -2.85. The van der Waals surface area contributed by atoms with E-state index in [-0.39, 0.29) is 23.5 Å². The van der Waals surface area contributed by atoms with Crippen molar-refractivity contribution in [1.82, 2.24) is 5.32 Å². The first-order valence-corrected chi connectivity index (χ1v) is 6.37. The summed E-state index contributed by atoms with van der Waals surface area (Å²) in [5.41, 5.74) is 1.52. The highest BCUT2D eigenvalue weighted by molar-refractivity contribution is 5.93. The van der Waals surface area contributed by atoms with Crippen LogP contribution in [0.1, 0.15) is 34.6 Å². The van der Waals surface area contributed by atoms with Crippen LogP contribution >= 0.6 is 0 Å². The van der Waals surface area contributed by atoms with Gasteiger partial charge in [0.05, 0.1) is 12.3 Å². The molecule has 1 amide bonds. The number of furan rings is 1. The molecule has 0 aliphatic rings. The highest BCUT2D eigenvalue weighted by Crippen LogP contribution is 2.20. The molecule has 1 aromatic heterocycles. The second-order valence-corrected chi connectivity index (χ2v) is 4.58. The molecule has 1 atom stereocenters. The smallest absolute Gasteiger partial charge is 0.387 e. The summed E-state index contributed by atoms with van der Waals surface area (Å²) in [7, 11) is 0. The van der Waals surface area contributed by atoms with Gasteiger partial charge in [-0.1, -0.05) is 12.1 Å². The molecule has 0 spiro atoms. The maximum atomic E-state index is 12.1. The molecule has 0 bridgehead atoms. The van der Waals surface area contributed by atoms with Gasteiger partial charge in [0.25, 0.3) is 5.91 Å². The van der Waals surface area contributed by atoms with Crippen LogP contribution in [0.25, 0.3) is 0 Å². The van der Waals surface area contributed by atoms with Crippen molar-refractivity contribution < 1.29 is 22.7 Å². The van der Waals surface area contributed by atoms with Crippen molar-refractivity contribution in [3.05, 3.63) is 53.5 Å². The Labute approximate surface area is 120 Å². The van der Waals surface area contributed by atoms with Crippen LogP contribution in [0.2, 0.25) is 0 Å². The van der Waals surface area contributed by atoms with Crippen LogP contribution in [-0.4, -0.2) is 12.5 Å². The zero-order chi connectivity index (χ0) is 15.4. The third kappa shape index (κ3) is 3.81. The quantitative estimate of drug-likeness (QED) is 0.915. The highest BCUT2D eigenvalue weighted by atomic mass is 19.3. The maximum Gasteiger partial charge on any atom is 0.387 e. The first kappa shape index (κ1) is 15.0. The van der Waals surface area contributed by atoms with E-state index in [1.807, 2.05) is 0 Å². The number of ether oxygens (including phenoxy) is 1. The predicted octanol–water partition coefficient (Wildman–Crippen LogP) is 3.68. The molecule has 1 N–H and O–H groups in total. The van der Waals surface area contributed by atoms with Crippen molar-refractivity contribution in [3.8, 4) is 5.75 Å². The van der Waals surface area contributed by atoms with E-state index >= 15 is 0 Å². The summed E-state index contributed by atoms with van der Waals surface area (Å²) in [6.45, 7) is 0.716. The van der Waals surface area contributed by atoms with Crippen molar-refractivity contribution in [2.45, 2.75) is 26.5 Å². The standard InChI is InChI=1S/C15H15F2NO3/c1-9-7-8-20-13(9)14(19)18-10(2)11-3-5-12(6-4-11)21-15(16)17/h3-8,10,15H,1-2H3,(H,18,19). The monoisotopic (exact) mass is 295 g/mol. The van der Waals surface area contributed by atoms with Gasteiger partial charge >= 0.3 is 6.61 Å². The third-order valence-corrected chi connectivity index (χ3v) is 3.02. The lowest BCUT2D eigenvalue weighted by Crippen LogP contribution is -2.26. The minimum absolute atomic E-state index is 0.0779. The molecule has 1 unspecified atom stereocenters. The van der Waals surface area contributed by atoms with Crippen molar-refractivity contribution in [3.63, 3.8) is 0 Å². The Morgan fingerprint density at radius 1 is 1.24 bits per heavy atom. The van der Waals surface area contributed by atoms with Gasteiger partial charge in [0, 0.05) is 5.56 Å². The number of carbonyl (C=O) groups excluding carboxylic acids is 1. The SMILES string of the molecule is Cc1ccoc1C(=O)NC(C)c1ccc(OC(F)F)cc1. The minimum Gasteiger partial charge on any atom is -0.459 e. The summed E-state index contributed by atoms with van der Waals surface area (Å²) < 4.78 is 33.5. The summed E-state index contributed by atoms with van der Waals surface area (Å²) in [4.78, 5) is 12.0. The molecule has 0 aliphatic carbocycles. The third-order valence-electron chi connectivity index (χ3n) is 3.02. The van der Waals surface area contributed by atoms with Gasteiger partial charge in [-0.25, -0.2) is 0 Å². The Morgan fingerprint density at radius 3 is 2.43 bits per heavy atom. The lowest BCUT2D eigenvalue weighted by Gasteiger charge is -2.14. The van der Waals surface area contributed by atoms with E-state index in [4.69, 9.17) is 4.42 Å². The van der Waals surface area contributed by atoms with E-state index < -0.39 is 6.61 Å². The van der Waals surface area contributed by atoms with Crippen molar-refractivity contribution >= 4 is 5.91 Å². The van der Waals surface area contributed by atoms with Crippen LogP contribution in [0.4, 0.5) is 8.78 Å². The number of carbonyl (C=O) groups is 1. The molecule has 0 aliphatic heterocycles. The average molecular weight is 295 g/mol. The van der Waals surface area contributed by atoms with E-state index in [1.54, 1.807) is 32.0 Å². The number of hydrogen-bond donors (Lipinski definition) is 1. The number of aryl methyl sites for hydroxylation is 1. The molecule has 0 saturated carbocycles. The normalized spacial score (nSPS) is 12.2. The van der Waals surface area contributed by atoms with Crippen LogP contribution in [0.5, 0.6) is 5.75 Å². The number of rotatable bonds is 5. The van der Waals surface area contributed by atoms with Gasteiger partial charge in [-0.3, -0.25) is 4.79 Å². The number of halogens is 2. The van der Waals surface area contributed by atoms with Gasteiger partial charge in [0.1, 0.15) is 5.75 Å². The molecule has 112 valence electrons. The summed E-state index contributed by atoms with van der Waals surface area (Å²) in [6, 6.07) is 7.53. The first-order valence-electron chi connectivity index (χ1n) is 6.37. The molecule has 0 fully saturated rings. The van der Waals surface area contributed by atoms with Gasteiger partial charge in [0.15, 0.2) is 5.76 Å². The summed E-state index contributed by atoms with van der Waals surface area (Å²) in [5.74, 6) is 0.0200. The zero-order valence-corrected chi connectivity index (χ0v) is 11.6. The van der Waals surface area contributed by atoms with Gasteiger partial charge < -0.3 is 14.5 Å². The maximum absolute atomic E-state index is 12.1. The topological polar surface area (TPSA) is 51.5 Å². The lowest BCUT2D eigenvalue weighted by atomic mass is 10.1. The van der Waals surface area contributed by atoms with E-state index in [9.17, 15) is 13.6 Å². The Hall–Kier alpha value is -2.37. The molecule has 2 rings (SSSR count). The molecule has 21 heavy (non-hydrogen) atoms. The van der Waals surface area contributed by atoms with Crippen molar-refractivity contribution in [2.75, 3.05) is 0 Å². The van der Waals surface area contributed by atoms with Crippen molar-refractivity contribution in [1.29, 1.82) is 0 Å². The Balaban J connectivity index is 2.01. The Bertz CT molecular complexity index is 608. The van der Waals surface area contributed by atoms with Gasteiger partial charge in [-0.2, -0.15) is 8.78 Å². The largest absolute Gasteiger partial charge is 0.459 e. The Kier molecular flexibility index (Phi) is 4.57. The number of alkyl halides is 2. The molecular weight excluding hydrogens is 280 g/mol. The van der Waals surface area contributed by atoms with Crippen LogP contribution in [0.15, 0.2) is 41.0 Å². The fourth-order valence-corrected chi connectivity index (χ4v) is 1.89. The summed E-state index contributed by atoms with van der Waals surface area (Å²) in [5, 5.41) is 2.78. The second-order valence-electron chi connectivity index (χ2n) is 4.58. The summed E-state index contributed by atoms with van der Waals surface area (Å²) in [6.07, 6.45) is 1.45. The summed E-state index contributed by atoms with van der Waals surface area (Å²) >= 11 is 0. The van der Waals surface area contributed by atoms with Crippen LogP contribution in [-0.2, 0) is 0 Å². The highest BCUT2D eigenvalue weighted by Gasteiger charge is 2.16. The van der Waals surface area contributed by atoms with E-state index in [2.05, 4.69) is 10.1 Å². The predicted molar refractivity (Wildman–Crippen MR) is 72.4 cm³/mol.